The second-order valence-electron chi connectivity index (χ2n) is 5.73. The fourth-order valence-electron chi connectivity index (χ4n) is 1.70. The fourth-order valence-corrected chi connectivity index (χ4v) is 2.23. The molecule has 0 aromatic heterocycles. The first-order valence-corrected chi connectivity index (χ1v) is 8.82. The van der Waals surface area contributed by atoms with E-state index >= 15 is 0 Å². The monoisotopic (exact) mass is 451 g/mol. The molecule has 136 valence electrons. The largest absolute Gasteiger partial charge is 0.490 e. The Kier molecular flexibility index (Phi) is 12.8. The van der Waals surface area contributed by atoms with E-state index in [1.54, 1.807) is 12.1 Å². The molecule has 1 aromatic carbocycles. The van der Waals surface area contributed by atoms with Crippen LogP contribution in [-0.2, 0) is 0 Å². The lowest BCUT2D eigenvalue weighted by Crippen LogP contribution is -2.15. The molecule has 0 fully saturated rings. The average molecular weight is 451 g/mol. The fraction of sp³-hybridized carbons (Fsp3) is 0.588. The number of aliphatic hydroxyl groups excluding tert-OH is 1. The summed E-state index contributed by atoms with van der Waals surface area (Å²) in [7, 11) is 7.93. The number of nitrogens with zero attached hydrogens (tertiary/aromatic N) is 3. The van der Waals surface area contributed by atoms with Gasteiger partial charge in [0.15, 0.2) is 11.6 Å². The number of aliphatic hydroxyl groups is 1. The Hall–Kier alpha value is -0.950. The summed E-state index contributed by atoms with van der Waals surface area (Å²) >= 11 is 1.93. The Morgan fingerprint density at radius 1 is 1.17 bits per heavy atom. The molecule has 0 unspecified atom stereocenters. The van der Waals surface area contributed by atoms with Crippen LogP contribution in [0.1, 0.15) is 18.4 Å². The van der Waals surface area contributed by atoms with E-state index in [1.165, 1.54) is 0 Å². The first-order valence-electron chi connectivity index (χ1n) is 7.74. The van der Waals surface area contributed by atoms with E-state index in [1.807, 2.05) is 61.8 Å². The zero-order valence-corrected chi connectivity index (χ0v) is 17.0. The van der Waals surface area contributed by atoms with Crippen LogP contribution in [0.15, 0.2) is 12.1 Å². The molecule has 0 aliphatic heterocycles. The third-order valence-corrected chi connectivity index (χ3v) is 3.84. The number of hydrogen-bond acceptors (Lipinski definition) is 5. The van der Waals surface area contributed by atoms with Crippen LogP contribution in [0.3, 0.4) is 0 Å². The topological polar surface area (TPSA) is 59.7 Å². The van der Waals surface area contributed by atoms with E-state index in [4.69, 9.17) is 15.1 Å². The number of halogens is 2. The Labute approximate surface area is 158 Å². The normalized spacial score (nSPS) is 10.3. The molecular weight excluding hydrogens is 424 g/mol. The van der Waals surface area contributed by atoms with Gasteiger partial charge in [0.05, 0.1) is 6.61 Å². The lowest BCUT2D eigenvalue weighted by atomic mass is 10.2. The Morgan fingerprint density at radius 2 is 1.75 bits per heavy atom. The van der Waals surface area contributed by atoms with Crippen molar-refractivity contribution >= 4 is 22.6 Å². The summed E-state index contributed by atoms with van der Waals surface area (Å²) in [5.41, 5.74) is 0.0516. The van der Waals surface area contributed by atoms with E-state index in [0.29, 0.717) is 16.8 Å². The van der Waals surface area contributed by atoms with Crippen molar-refractivity contribution in [2.45, 2.75) is 12.8 Å². The molecule has 1 rings (SSSR count). The van der Waals surface area contributed by atoms with E-state index in [0.717, 1.165) is 25.9 Å². The summed E-state index contributed by atoms with van der Waals surface area (Å²) in [4.78, 5) is 4.09. The maximum Gasteiger partial charge on any atom is 0.183 e. The van der Waals surface area contributed by atoms with Crippen molar-refractivity contribution in [3.05, 3.63) is 27.1 Å². The summed E-state index contributed by atoms with van der Waals surface area (Å²) in [5.74, 6) is -0.412. The molecule has 0 atom stereocenters. The summed E-state index contributed by atoms with van der Waals surface area (Å²) < 4.78 is 19.7. The molecule has 1 N–H and O–H groups in total. The molecule has 1 aromatic rings. The van der Waals surface area contributed by atoms with Crippen molar-refractivity contribution in [2.24, 2.45) is 0 Å². The van der Waals surface area contributed by atoms with Gasteiger partial charge in [-0.2, -0.15) is 5.26 Å². The van der Waals surface area contributed by atoms with Crippen molar-refractivity contribution in [1.29, 1.82) is 5.26 Å². The van der Waals surface area contributed by atoms with Crippen molar-refractivity contribution < 1.29 is 14.2 Å². The number of hydrogen-bond donors (Lipinski definition) is 1. The molecule has 7 heteroatoms. The van der Waals surface area contributed by atoms with Crippen LogP contribution in [0.5, 0.6) is 5.75 Å². The average Bonchev–Trinajstić information content (AvgIpc) is 2.52. The van der Waals surface area contributed by atoms with Crippen molar-refractivity contribution in [3.63, 3.8) is 0 Å². The number of benzene rings is 1. The first kappa shape index (κ1) is 23.1. The van der Waals surface area contributed by atoms with Crippen LogP contribution >= 0.6 is 22.6 Å². The third-order valence-electron chi connectivity index (χ3n) is 2.94. The highest BCUT2D eigenvalue weighted by molar-refractivity contribution is 14.1. The highest BCUT2D eigenvalue weighted by Gasteiger charge is 2.12. The Balaban J connectivity index is 0.000000640. The quantitative estimate of drug-likeness (QED) is 0.487. The molecule has 0 amide bonds. The molecule has 0 bridgehead atoms. The van der Waals surface area contributed by atoms with Crippen molar-refractivity contribution in [1.82, 2.24) is 9.80 Å². The molecule has 0 aliphatic rings. The smallest absolute Gasteiger partial charge is 0.183 e. The minimum Gasteiger partial charge on any atom is -0.490 e. The molecule has 5 nitrogen and oxygen atoms in total. The maximum absolute atomic E-state index is 13.8. The minimum atomic E-state index is -0.566. The lowest BCUT2D eigenvalue weighted by molar-refractivity contribution is 0.263. The summed E-state index contributed by atoms with van der Waals surface area (Å²) in [6, 6.07) is 5.09. The zero-order chi connectivity index (χ0) is 18.5. The van der Waals surface area contributed by atoms with Crippen molar-refractivity contribution in [3.8, 4) is 11.8 Å². The van der Waals surface area contributed by atoms with Gasteiger partial charge in [0.2, 0.25) is 0 Å². The Morgan fingerprint density at radius 3 is 2.21 bits per heavy atom. The second-order valence-corrected chi connectivity index (χ2v) is 6.89. The molecule has 24 heavy (non-hydrogen) atoms. The molecule has 0 aliphatic carbocycles. The predicted molar refractivity (Wildman–Crippen MR) is 103 cm³/mol. The second kappa shape index (κ2) is 13.4. The van der Waals surface area contributed by atoms with Crippen LogP contribution in [0, 0.1) is 20.7 Å². The molecular formula is C17H27FIN3O2. The predicted octanol–water partition coefficient (Wildman–Crippen LogP) is 2.56. The standard InChI is InChI=1S/C12H14FIN2O.C5H13NO/c1-16(2)6-3-7-17-11-5-4-10(14)9(8-15)12(11)13;1-6(2)4-3-5-7/h4-5H,3,6-7H2,1-2H3;7H,3-5H2,1-2H3. The van der Waals surface area contributed by atoms with Crippen LogP contribution in [0.4, 0.5) is 4.39 Å². The SMILES string of the molecule is CN(C)CCCO.CN(C)CCCOc1ccc(I)c(C#N)c1F. The van der Waals surface area contributed by atoms with E-state index in [2.05, 4.69) is 4.90 Å². The van der Waals surface area contributed by atoms with Crippen LogP contribution in [0.2, 0.25) is 0 Å². The van der Waals surface area contributed by atoms with Gasteiger partial charge in [-0.3, -0.25) is 0 Å². The van der Waals surface area contributed by atoms with Gasteiger partial charge in [0.1, 0.15) is 11.6 Å². The molecule has 0 saturated heterocycles. The lowest BCUT2D eigenvalue weighted by Gasteiger charge is -2.11. The van der Waals surface area contributed by atoms with Gasteiger partial charge < -0.3 is 19.6 Å². The van der Waals surface area contributed by atoms with Gasteiger partial charge in [-0.15, -0.1) is 0 Å². The van der Waals surface area contributed by atoms with Gasteiger partial charge >= 0.3 is 0 Å². The third kappa shape index (κ3) is 10.0. The molecule has 0 radical (unpaired) electrons. The van der Waals surface area contributed by atoms with Crippen LogP contribution < -0.4 is 4.74 Å². The van der Waals surface area contributed by atoms with E-state index in [-0.39, 0.29) is 11.3 Å². The van der Waals surface area contributed by atoms with Gasteiger partial charge in [-0.25, -0.2) is 4.39 Å². The van der Waals surface area contributed by atoms with E-state index in [9.17, 15) is 4.39 Å². The Bertz CT molecular complexity index is 519. The van der Waals surface area contributed by atoms with E-state index < -0.39 is 5.82 Å². The number of rotatable bonds is 8. The van der Waals surface area contributed by atoms with Crippen LogP contribution in [-0.4, -0.2) is 69.4 Å². The van der Waals surface area contributed by atoms with Crippen LogP contribution in [0.25, 0.3) is 0 Å². The van der Waals surface area contributed by atoms with Crippen molar-refractivity contribution in [2.75, 3.05) is 54.5 Å². The molecule has 0 heterocycles. The minimum absolute atomic E-state index is 0.0516. The highest BCUT2D eigenvalue weighted by atomic mass is 127. The number of ether oxygens (including phenoxy) is 1. The maximum atomic E-state index is 13.8. The zero-order valence-electron chi connectivity index (χ0n) is 14.9. The summed E-state index contributed by atoms with van der Waals surface area (Å²) in [5, 5.41) is 17.1. The van der Waals surface area contributed by atoms with Gasteiger partial charge in [0, 0.05) is 16.7 Å². The molecule has 0 saturated carbocycles. The first-order chi connectivity index (χ1) is 11.3. The summed E-state index contributed by atoms with van der Waals surface area (Å²) in [6.45, 7) is 2.62. The van der Waals surface area contributed by atoms with Gasteiger partial charge in [-0.05, 0) is 82.3 Å². The molecule has 0 spiro atoms. The van der Waals surface area contributed by atoms with Gasteiger partial charge in [0.25, 0.3) is 0 Å². The number of nitriles is 1. The van der Waals surface area contributed by atoms with Gasteiger partial charge in [-0.1, -0.05) is 0 Å². The highest BCUT2D eigenvalue weighted by Crippen LogP contribution is 2.24. The summed E-state index contributed by atoms with van der Waals surface area (Å²) in [6.07, 6.45) is 1.70.